The number of benzene rings is 1. The highest BCUT2D eigenvalue weighted by molar-refractivity contribution is 6.42. The van der Waals surface area contributed by atoms with Crippen molar-refractivity contribution in [2.45, 2.75) is 45.6 Å². The lowest BCUT2D eigenvalue weighted by Crippen LogP contribution is -2.30. The third kappa shape index (κ3) is 3.45. The lowest BCUT2D eigenvalue weighted by atomic mass is 10.0. The van der Waals surface area contributed by atoms with Gasteiger partial charge >= 0.3 is 0 Å². The quantitative estimate of drug-likeness (QED) is 0.773. The van der Waals surface area contributed by atoms with Gasteiger partial charge in [-0.15, -0.1) is 0 Å². The average molecular weight is 367 g/mol. The van der Waals surface area contributed by atoms with Crippen molar-refractivity contribution in [2.75, 3.05) is 6.54 Å². The van der Waals surface area contributed by atoms with Gasteiger partial charge in [-0.05, 0) is 50.8 Å². The maximum Gasteiger partial charge on any atom is 0.223 e. The van der Waals surface area contributed by atoms with Crippen LogP contribution in [0.5, 0.6) is 0 Å². The predicted molar refractivity (Wildman–Crippen MR) is 94.4 cm³/mol. The zero-order valence-corrected chi connectivity index (χ0v) is 15.3. The summed E-state index contributed by atoms with van der Waals surface area (Å²) in [6, 6.07) is 5.70. The van der Waals surface area contributed by atoms with E-state index < -0.39 is 0 Å². The molecule has 1 aromatic carbocycles. The molecule has 1 aromatic heterocycles. The molecule has 1 aliphatic rings. The second kappa shape index (κ2) is 7.16. The van der Waals surface area contributed by atoms with E-state index in [2.05, 4.69) is 5.16 Å². The average Bonchev–Trinajstić information content (AvgIpc) is 3.16. The number of amides is 1. The number of carbonyl (C=O) groups is 1. The minimum absolute atomic E-state index is 0.0805. The van der Waals surface area contributed by atoms with Crippen LogP contribution in [-0.2, 0) is 11.2 Å². The van der Waals surface area contributed by atoms with Crippen molar-refractivity contribution in [1.82, 2.24) is 10.1 Å². The number of carbonyl (C=O) groups excluding carboxylic acids is 1. The molecule has 1 atom stereocenters. The van der Waals surface area contributed by atoms with Crippen LogP contribution in [0.15, 0.2) is 22.7 Å². The van der Waals surface area contributed by atoms with E-state index in [0.29, 0.717) is 22.9 Å². The first-order valence-electron chi connectivity index (χ1n) is 8.13. The Morgan fingerprint density at radius 2 is 2.12 bits per heavy atom. The number of hydrogen-bond acceptors (Lipinski definition) is 3. The van der Waals surface area contributed by atoms with Gasteiger partial charge in [-0.25, -0.2) is 0 Å². The van der Waals surface area contributed by atoms with Gasteiger partial charge in [0.1, 0.15) is 5.76 Å². The van der Waals surface area contributed by atoms with Crippen LogP contribution in [0.1, 0.15) is 47.9 Å². The third-order valence-corrected chi connectivity index (χ3v) is 5.41. The Labute approximate surface area is 151 Å². The fourth-order valence-corrected chi connectivity index (χ4v) is 3.67. The normalized spacial score (nSPS) is 17.5. The van der Waals surface area contributed by atoms with Crippen molar-refractivity contribution in [3.63, 3.8) is 0 Å². The van der Waals surface area contributed by atoms with Crippen molar-refractivity contribution in [3.05, 3.63) is 50.8 Å². The van der Waals surface area contributed by atoms with Gasteiger partial charge in [-0.3, -0.25) is 4.79 Å². The summed E-state index contributed by atoms with van der Waals surface area (Å²) in [5, 5.41) is 5.01. The topological polar surface area (TPSA) is 46.3 Å². The molecule has 6 heteroatoms. The summed E-state index contributed by atoms with van der Waals surface area (Å²) in [4.78, 5) is 14.7. The molecule has 0 saturated carbocycles. The first-order chi connectivity index (χ1) is 11.5. The van der Waals surface area contributed by atoms with E-state index in [1.807, 2.05) is 30.9 Å². The van der Waals surface area contributed by atoms with Crippen LogP contribution in [0.2, 0.25) is 10.0 Å². The van der Waals surface area contributed by atoms with E-state index in [1.165, 1.54) is 0 Å². The third-order valence-electron chi connectivity index (χ3n) is 4.67. The molecule has 128 valence electrons. The second-order valence-electron chi connectivity index (χ2n) is 6.22. The van der Waals surface area contributed by atoms with Crippen LogP contribution < -0.4 is 0 Å². The lowest BCUT2D eigenvalue weighted by Gasteiger charge is -2.25. The molecule has 3 rings (SSSR count). The summed E-state index contributed by atoms with van der Waals surface area (Å²) >= 11 is 12.1. The summed E-state index contributed by atoms with van der Waals surface area (Å²) in [6.45, 7) is 4.57. The largest absolute Gasteiger partial charge is 0.361 e. The summed E-state index contributed by atoms with van der Waals surface area (Å²) in [5.74, 6) is 0.950. The Morgan fingerprint density at radius 3 is 2.79 bits per heavy atom. The fraction of sp³-hybridized carbons (Fsp3) is 0.444. The molecule has 1 aliphatic heterocycles. The van der Waals surface area contributed by atoms with E-state index in [9.17, 15) is 4.79 Å². The summed E-state index contributed by atoms with van der Waals surface area (Å²) in [7, 11) is 0. The minimum atomic E-state index is 0.0805. The molecule has 24 heavy (non-hydrogen) atoms. The molecular weight excluding hydrogens is 347 g/mol. The molecule has 0 unspecified atom stereocenters. The van der Waals surface area contributed by atoms with Crippen molar-refractivity contribution in [2.24, 2.45) is 0 Å². The number of halogens is 2. The Kier molecular flexibility index (Phi) is 5.16. The molecule has 0 spiro atoms. The maximum absolute atomic E-state index is 12.7. The van der Waals surface area contributed by atoms with E-state index in [4.69, 9.17) is 27.7 Å². The SMILES string of the molecule is Cc1noc(C)c1CCC(=O)N1CCC[C@H]1c1ccc(Cl)c(Cl)c1. The summed E-state index contributed by atoms with van der Waals surface area (Å²) < 4.78 is 5.17. The van der Waals surface area contributed by atoms with Gasteiger partial charge in [0.25, 0.3) is 0 Å². The fourth-order valence-electron chi connectivity index (χ4n) is 3.37. The van der Waals surface area contributed by atoms with Crippen LogP contribution in [0.25, 0.3) is 0 Å². The number of nitrogens with zero attached hydrogens (tertiary/aromatic N) is 2. The van der Waals surface area contributed by atoms with Gasteiger partial charge in [0, 0.05) is 18.5 Å². The minimum Gasteiger partial charge on any atom is -0.361 e. The van der Waals surface area contributed by atoms with E-state index in [-0.39, 0.29) is 11.9 Å². The zero-order valence-electron chi connectivity index (χ0n) is 13.8. The Bertz CT molecular complexity index is 738. The molecule has 2 aromatic rings. The van der Waals surface area contributed by atoms with Crippen molar-refractivity contribution >= 4 is 29.1 Å². The molecule has 0 radical (unpaired) electrons. The second-order valence-corrected chi connectivity index (χ2v) is 7.04. The van der Waals surface area contributed by atoms with Gasteiger partial charge in [0.2, 0.25) is 5.91 Å². The molecule has 0 aliphatic carbocycles. The van der Waals surface area contributed by atoms with Crippen molar-refractivity contribution in [1.29, 1.82) is 0 Å². The monoisotopic (exact) mass is 366 g/mol. The Morgan fingerprint density at radius 1 is 1.33 bits per heavy atom. The highest BCUT2D eigenvalue weighted by atomic mass is 35.5. The van der Waals surface area contributed by atoms with E-state index in [0.717, 1.165) is 42.0 Å². The van der Waals surface area contributed by atoms with Crippen molar-refractivity contribution < 1.29 is 9.32 Å². The van der Waals surface area contributed by atoms with Gasteiger partial charge in [0.15, 0.2) is 0 Å². The molecule has 0 N–H and O–H groups in total. The summed E-state index contributed by atoms with van der Waals surface area (Å²) in [5.41, 5.74) is 2.95. The van der Waals surface area contributed by atoms with Crippen LogP contribution in [0, 0.1) is 13.8 Å². The number of rotatable bonds is 4. The van der Waals surface area contributed by atoms with Gasteiger partial charge < -0.3 is 9.42 Å². The van der Waals surface area contributed by atoms with Crippen LogP contribution >= 0.6 is 23.2 Å². The molecule has 4 nitrogen and oxygen atoms in total. The van der Waals surface area contributed by atoms with E-state index in [1.54, 1.807) is 6.07 Å². The Balaban J connectivity index is 1.70. The first-order valence-corrected chi connectivity index (χ1v) is 8.89. The van der Waals surface area contributed by atoms with Crippen LogP contribution in [0.4, 0.5) is 0 Å². The molecule has 2 heterocycles. The molecular formula is C18H20Cl2N2O2. The number of aryl methyl sites for hydroxylation is 2. The highest BCUT2D eigenvalue weighted by Gasteiger charge is 2.30. The molecule has 1 fully saturated rings. The summed E-state index contributed by atoms with van der Waals surface area (Å²) in [6.07, 6.45) is 3.07. The smallest absolute Gasteiger partial charge is 0.223 e. The zero-order chi connectivity index (χ0) is 17.3. The van der Waals surface area contributed by atoms with Gasteiger partial charge in [-0.2, -0.15) is 0 Å². The lowest BCUT2D eigenvalue weighted by molar-refractivity contribution is -0.132. The van der Waals surface area contributed by atoms with Crippen LogP contribution in [0.3, 0.4) is 0 Å². The Hall–Kier alpha value is -1.52. The predicted octanol–water partition coefficient (Wildman–Crippen LogP) is 4.89. The molecule has 1 amide bonds. The van der Waals surface area contributed by atoms with Gasteiger partial charge in [0.05, 0.1) is 21.8 Å². The standard InChI is InChI=1S/C18H20Cl2N2O2/c1-11-14(12(2)24-21-11)6-8-18(23)22-9-3-4-17(22)13-5-7-15(19)16(20)10-13/h5,7,10,17H,3-4,6,8-9H2,1-2H3/t17-/m0/s1. The highest BCUT2D eigenvalue weighted by Crippen LogP contribution is 2.35. The number of aromatic nitrogens is 1. The molecule has 1 saturated heterocycles. The van der Waals surface area contributed by atoms with E-state index >= 15 is 0 Å². The number of hydrogen-bond donors (Lipinski definition) is 0. The van der Waals surface area contributed by atoms with Crippen molar-refractivity contribution in [3.8, 4) is 0 Å². The van der Waals surface area contributed by atoms with Crippen LogP contribution in [-0.4, -0.2) is 22.5 Å². The molecule has 0 bridgehead atoms. The maximum atomic E-state index is 12.7. The van der Waals surface area contributed by atoms with Gasteiger partial charge in [-0.1, -0.05) is 34.4 Å². The first kappa shape index (κ1) is 17.3. The number of likely N-dealkylation sites (tertiary alicyclic amines) is 1.